The van der Waals surface area contributed by atoms with Gasteiger partial charge in [0.05, 0.1) is 36.3 Å². The molecule has 12 heteroatoms. The summed E-state index contributed by atoms with van der Waals surface area (Å²) in [6, 6.07) is 2.05. The van der Waals surface area contributed by atoms with E-state index in [0.717, 1.165) is 24.9 Å². The number of likely N-dealkylation sites (N-methyl/N-ethyl adjacent to an activating group) is 1. The van der Waals surface area contributed by atoms with Gasteiger partial charge in [0.1, 0.15) is 18.0 Å². The van der Waals surface area contributed by atoms with E-state index in [4.69, 9.17) is 14.5 Å². The molecular formula is C26H39N7O5. The topological polar surface area (TPSA) is 135 Å². The number of anilines is 1. The average molecular weight is 530 g/mol. The molecule has 0 aromatic carbocycles. The molecule has 1 aromatic rings. The average Bonchev–Trinajstić information content (AvgIpc) is 3.19. The highest BCUT2D eigenvalue weighted by molar-refractivity contribution is 5.69. The number of nitriles is 1. The Balaban J connectivity index is 1.61. The second-order valence-electron chi connectivity index (χ2n) is 11.7. The number of carbonyl (C=O) groups excluding carboxylic acids is 1. The number of fused-ring (bicyclic) bond motifs is 1. The van der Waals surface area contributed by atoms with Gasteiger partial charge in [-0.3, -0.25) is 4.90 Å². The maximum absolute atomic E-state index is 12.9. The Morgan fingerprint density at radius 3 is 2.61 bits per heavy atom. The molecule has 4 heterocycles. The van der Waals surface area contributed by atoms with Gasteiger partial charge in [0.15, 0.2) is 0 Å². The normalized spacial score (nSPS) is 24.1. The van der Waals surface area contributed by atoms with E-state index >= 15 is 0 Å². The van der Waals surface area contributed by atoms with Crippen molar-refractivity contribution in [3.05, 3.63) is 11.3 Å². The van der Waals surface area contributed by atoms with Crippen LogP contribution >= 0.6 is 0 Å². The maximum atomic E-state index is 12.9. The lowest BCUT2D eigenvalue weighted by molar-refractivity contribution is 0.0144. The number of nitrogens with zero attached hydrogens (tertiary/aromatic N) is 7. The zero-order valence-corrected chi connectivity index (χ0v) is 23.1. The van der Waals surface area contributed by atoms with Crippen LogP contribution in [0.1, 0.15) is 58.2 Å². The molecule has 2 fully saturated rings. The minimum absolute atomic E-state index is 0.122. The number of carbonyl (C=O) groups is 2. The number of likely N-dealkylation sites (tertiary alicyclic amines) is 1. The van der Waals surface area contributed by atoms with Gasteiger partial charge in [-0.1, -0.05) is 0 Å². The number of hydrogen-bond acceptors (Lipinski definition) is 9. The number of piperazine rings is 1. The maximum Gasteiger partial charge on any atom is 0.410 e. The van der Waals surface area contributed by atoms with E-state index in [-0.39, 0.29) is 30.6 Å². The van der Waals surface area contributed by atoms with Crippen molar-refractivity contribution in [3.8, 4) is 12.1 Å². The van der Waals surface area contributed by atoms with Crippen molar-refractivity contribution in [2.24, 2.45) is 0 Å². The summed E-state index contributed by atoms with van der Waals surface area (Å²) in [5, 5.41) is 19.1. The third-order valence-electron chi connectivity index (χ3n) is 7.67. The molecule has 2 atom stereocenters. The summed E-state index contributed by atoms with van der Waals surface area (Å²) >= 11 is 0. The van der Waals surface area contributed by atoms with Crippen LogP contribution in [0.5, 0.6) is 6.01 Å². The lowest BCUT2D eigenvalue weighted by atomic mass is 10.0. The van der Waals surface area contributed by atoms with Crippen LogP contribution in [0.4, 0.5) is 15.4 Å². The Morgan fingerprint density at radius 1 is 1.21 bits per heavy atom. The Morgan fingerprint density at radius 2 is 1.97 bits per heavy atom. The highest BCUT2D eigenvalue weighted by Crippen LogP contribution is 2.32. The van der Waals surface area contributed by atoms with Crippen LogP contribution in [0.15, 0.2) is 0 Å². The molecule has 0 radical (unpaired) electrons. The van der Waals surface area contributed by atoms with Crippen molar-refractivity contribution in [2.75, 3.05) is 51.3 Å². The second-order valence-corrected chi connectivity index (χ2v) is 11.7. The molecule has 2 saturated heterocycles. The molecular weight excluding hydrogens is 490 g/mol. The zero-order chi connectivity index (χ0) is 27.7. The lowest BCUT2D eigenvalue weighted by Gasteiger charge is -2.42. The van der Waals surface area contributed by atoms with Crippen molar-refractivity contribution < 1.29 is 24.2 Å². The Hall–Kier alpha value is -3.33. The van der Waals surface area contributed by atoms with Gasteiger partial charge in [0.25, 0.3) is 0 Å². The molecule has 1 N–H and O–H groups in total. The second kappa shape index (κ2) is 10.8. The zero-order valence-electron chi connectivity index (χ0n) is 23.1. The Bertz CT molecular complexity index is 1100. The van der Waals surface area contributed by atoms with Crippen LogP contribution in [0.2, 0.25) is 0 Å². The van der Waals surface area contributed by atoms with E-state index in [0.29, 0.717) is 50.7 Å². The summed E-state index contributed by atoms with van der Waals surface area (Å²) in [5.41, 5.74) is 0.767. The fourth-order valence-electron chi connectivity index (χ4n) is 5.33. The largest absolute Gasteiger partial charge is 0.465 e. The first kappa shape index (κ1) is 27.7. The smallest absolute Gasteiger partial charge is 0.410 e. The highest BCUT2D eigenvalue weighted by Gasteiger charge is 2.37. The van der Waals surface area contributed by atoms with Crippen LogP contribution in [0, 0.1) is 11.3 Å². The molecule has 12 nitrogen and oxygen atoms in total. The minimum Gasteiger partial charge on any atom is -0.465 e. The summed E-state index contributed by atoms with van der Waals surface area (Å²) in [5.74, 6) is 0.687. The molecule has 0 saturated carbocycles. The first-order chi connectivity index (χ1) is 17.9. The van der Waals surface area contributed by atoms with Gasteiger partial charge in [-0.05, 0) is 60.5 Å². The Labute approximate surface area is 224 Å². The fourth-order valence-corrected chi connectivity index (χ4v) is 5.33. The van der Waals surface area contributed by atoms with Crippen LogP contribution in [-0.4, -0.2) is 106 Å². The summed E-state index contributed by atoms with van der Waals surface area (Å²) in [7, 11) is 2.08. The molecule has 3 aliphatic heterocycles. The predicted octanol–water partition coefficient (Wildman–Crippen LogP) is 2.72. The van der Waals surface area contributed by atoms with Crippen molar-refractivity contribution in [2.45, 2.75) is 77.1 Å². The van der Waals surface area contributed by atoms with Crippen molar-refractivity contribution in [1.82, 2.24) is 24.7 Å². The van der Waals surface area contributed by atoms with E-state index in [9.17, 15) is 20.0 Å². The fraction of sp³-hybridized carbons (Fsp3) is 0.731. The number of aromatic nitrogens is 2. The van der Waals surface area contributed by atoms with Gasteiger partial charge < -0.3 is 29.3 Å². The number of ether oxygens (including phenoxy) is 2. The van der Waals surface area contributed by atoms with Crippen molar-refractivity contribution >= 4 is 18.0 Å². The van der Waals surface area contributed by atoms with E-state index in [1.54, 1.807) is 4.90 Å². The molecule has 208 valence electrons. The number of carboxylic acid groups (broad SMARTS) is 1. The number of rotatable bonds is 5. The predicted molar refractivity (Wildman–Crippen MR) is 139 cm³/mol. The molecule has 1 aromatic heterocycles. The van der Waals surface area contributed by atoms with Crippen LogP contribution in [0.3, 0.4) is 0 Å². The highest BCUT2D eigenvalue weighted by atomic mass is 16.6. The Kier molecular flexibility index (Phi) is 7.88. The SMILES string of the molecule is CN1CCCC1(C)COc1nc2c(c(N3CCN(C(=O)OC(C)(C)C)[C@@H](CC#N)C3)n1)CCN(C(=O)O)C2. The molecule has 4 rings (SSSR count). The third kappa shape index (κ3) is 6.04. The molecule has 1 unspecified atom stereocenters. The standard InChI is InChI=1S/C26H39N7O5/c1-25(2,3)38-24(36)33-14-13-31(15-18(33)7-10-27)21-19-8-12-32(23(34)35)16-20(19)28-22(29-21)37-17-26(4)9-6-11-30(26)5/h18H,6-9,11-17H2,1-5H3,(H,34,35)/t18-,26?/m0/s1. The molecule has 3 aliphatic rings. The summed E-state index contributed by atoms with van der Waals surface area (Å²) in [6.45, 7) is 10.8. The summed E-state index contributed by atoms with van der Waals surface area (Å²) < 4.78 is 11.7. The minimum atomic E-state index is -0.988. The van der Waals surface area contributed by atoms with Crippen molar-refractivity contribution in [3.63, 3.8) is 0 Å². The van der Waals surface area contributed by atoms with E-state index in [1.165, 1.54) is 4.90 Å². The molecule has 0 spiro atoms. The van der Waals surface area contributed by atoms with Gasteiger partial charge in [0.2, 0.25) is 0 Å². The van der Waals surface area contributed by atoms with Gasteiger partial charge in [-0.2, -0.15) is 15.2 Å². The van der Waals surface area contributed by atoms with Crippen LogP contribution in [-0.2, 0) is 17.7 Å². The molecule has 0 aliphatic carbocycles. The van der Waals surface area contributed by atoms with E-state index in [1.807, 2.05) is 20.8 Å². The first-order valence-corrected chi connectivity index (χ1v) is 13.2. The number of hydrogen-bond donors (Lipinski definition) is 1. The quantitative estimate of drug-likeness (QED) is 0.606. The monoisotopic (exact) mass is 529 g/mol. The molecule has 0 bridgehead atoms. The van der Waals surface area contributed by atoms with E-state index in [2.05, 4.69) is 34.8 Å². The van der Waals surface area contributed by atoms with Crippen molar-refractivity contribution in [1.29, 1.82) is 5.26 Å². The summed E-state index contributed by atoms with van der Waals surface area (Å²) in [4.78, 5) is 41.3. The van der Waals surface area contributed by atoms with Gasteiger partial charge in [-0.25, -0.2) is 9.59 Å². The van der Waals surface area contributed by atoms with Gasteiger partial charge in [-0.15, -0.1) is 0 Å². The van der Waals surface area contributed by atoms with Gasteiger partial charge >= 0.3 is 18.2 Å². The first-order valence-electron chi connectivity index (χ1n) is 13.2. The molecule has 38 heavy (non-hydrogen) atoms. The molecule has 2 amide bonds. The lowest BCUT2D eigenvalue weighted by Crippen LogP contribution is -2.56. The number of amides is 2. The van der Waals surface area contributed by atoms with Gasteiger partial charge in [0, 0.05) is 31.7 Å². The van der Waals surface area contributed by atoms with Crippen LogP contribution in [0.25, 0.3) is 0 Å². The summed E-state index contributed by atoms with van der Waals surface area (Å²) in [6.07, 6.45) is 1.33. The van der Waals surface area contributed by atoms with Crippen LogP contribution < -0.4 is 9.64 Å². The third-order valence-corrected chi connectivity index (χ3v) is 7.67. The van der Waals surface area contributed by atoms with E-state index < -0.39 is 17.8 Å².